The van der Waals surface area contributed by atoms with Crippen molar-refractivity contribution in [2.45, 2.75) is 25.4 Å². The van der Waals surface area contributed by atoms with Crippen LogP contribution in [0.2, 0.25) is 0 Å². The zero-order valence-corrected chi connectivity index (χ0v) is 16.3. The number of hydrogen-bond donors (Lipinski definition) is 0. The number of aromatic nitrogens is 3. The molecule has 0 spiro atoms. The molecule has 140 valence electrons. The highest BCUT2D eigenvalue weighted by atomic mass is 32.2. The van der Waals surface area contributed by atoms with Crippen molar-refractivity contribution in [3.63, 3.8) is 0 Å². The minimum atomic E-state index is -0.317. The van der Waals surface area contributed by atoms with Crippen molar-refractivity contribution in [1.29, 1.82) is 0 Å². The summed E-state index contributed by atoms with van der Waals surface area (Å²) in [6.45, 7) is 4.16. The molecular formula is C17H22N4O4S. The smallest absolute Gasteiger partial charge is 0.296 e. The lowest BCUT2D eigenvalue weighted by Crippen LogP contribution is -2.23. The van der Waals surface area contributed by atoms with Crippen LogP contribution >= 0.6 is 11.8 Å². The van der Waals surface area contributed by atoms with Gasteiger partial charge in [0.15, 0.2) is 11.5 Å². The fraction of sp³-hybridized carbons (Fsp3) is 0.412. The van der Waals surface area contributed by atoms with Crippen LogP contribution in [-0.4, -0.2) is 48.2 Å². The van der Waals surface area contributed by atoms with Crippen LogP contribution in [-0.2, 0) is 0 Å². The highest BCUT2D eigenvalue weighted by molar-refractivity contribution is 7.98. The van der Waals surface area contributed by atoms with E-state index < -0.39 is 0 Å². The number of benzene rings is 1. The van der Waals surface area contributed by atoms with Crippen molar-refractivity contribution in [3.05, 3.63) is 33.7 Å². The molecule has 0 atom stereocenters. The monoisotopic (exact) mass is 378 g/mol. The summed E-state index contributed by atoms with van der Waals surface area (Å²) in [6, 6.07) is 3.53. The molecule has 0 fully saturated rings. The highest BCUT2D eigenvalue weighted by Gasteiger charge is 2.14. The largest absolute Gasteiger partial charge is 0.493 e. The van der Waals surface area contributed by atoms with Crippen molar-refractivity contribution < 1.29 is 14.2 Å². The van der Waals surface area contributed by atoms with Crippen LogP contribution in [0, 0.1) is 6.92 Å². The number of hydrogen-bond acceptors (Lipinski definition) is 8. The van der Waals surface area contributed by atoms with Crippen molar-refractivity contribution in [2.75, 3.05) is 27.1 Å². The lowest BCUT2D eigenvalue weighted by atomic mass is 10.2. The molecule has 8 nitrogen and oxygen atoms in total. The Balaban J connectivity index is 2.46. The first-order valence-electron chi connectivity index (χ1n) is 7.99. The van der Waals surface area contributed by atoms with E-state index in [1.54, 1.807) is 39.5 Å². The van der Waals surface area contributed by atoms with Gasteiger partial charge < -0.3 is 14.2 Å². The molecule has 0 saturated carbocycles. The van der Waals surface area contributed by atoms with E-state index in [1.807, 2.05) is 6.92 Å². The molecule has 0 amide bonds. The maximum Gasteiger partial charge on any atom is 0.296 e. The van der Waals surface area contributed by atoms with Gasteiger partial charge in [-0.1, -0.05) is 18.7 Å². The average molecular weight is 378 g/mol. The summed E-state index contributed by atoms with van der Waals surface area (Å²) in [5.41, 5.74) is 0.650. The third kappa shape index (κ3) is 4.34. The number of rotatable bonds is 8. The zero-order valence-electron chi connectivity index (χ0n) is 15.5. The van der Waals surface area contributed by atoms with Gasteiger partial charge >= 0.3 is 0 Å². The van der Waals surface area contributed by atoms with E-state index in [2.05, 4.69) is 15.3 Å². The Kier molecular flexibility index (Phi) is 7.02. The van der Waals surface area contributed by atoms with Crippen LogP contribution < -0.4 is 19.8 Å². The number of thioether (sulfide) groups is 1. The van der Waals surface area contributed by atoms with Gasteiger partial charge in [-0.25, -0.2) is 0 Å². The molecule has 0 saturated heterocycles. The minimum Gasteiger partial charge on any atom is -0.493 e. The quantitative estimate of drug-likeness (QED) is 0.515. The SMILES string of the molecule is CCCOc1c(OC)cc(/C=N\n2c(SC)nnc(C)c2=O)cc1OC. The third-order valence-corrected chi connectivity index (χ3v) is 4.03. The van der Waals surface area contributed by atoms with Gasteiger partial charge in [-0.15, -0.1) is 10.2 Å². The summed E-state index contributed by atoms with van der Waals surface area (Å²) in [6.07, 6.45) is 4.21. The summed E-state index contributed by atoms with van der Waals surface area (Å²) < 4.78 is 17.7. The van der Waals surface area contributed by atoms with Crippen molar-refractivity contribution in [3.8, 4) is 17.2 Å². The second kappa shape index (κ2) is 9.23. The Morgan fingerprint density at radius 3 is 2.42 bits per heavy atom. The number of nitrogens with zero attached hydrogens (tertiary/aromatic N) is 4. The van der Waals surface area contributed by atoms with Gasteiger partial charge in [0.05, 0.1) is 27.0 Å². The maximum absolute atomic E-state index is 12.3. The van der Waals surface area contributed by atoms with Gasteiger partial charge in [-0.3, -0.25) is 4.79 Å². The zero-order chi connectivity index (χ0) is 19.1. The molecule has 0 radical (unpaired) electrons. The Labute approximate surface area is 156 Å². The summed E-state index contributed by atoms with van der Waals surface area (Å²) in [4.78, 5) is 12.3. The summed E-state index contributed by atoms with van der Waals surface area (Å²) in [5, 5.41) is 12.5. The van der Waals surface area contributed by atoms with Gasteiger partial charge in [0.1, 0.15) is 5.69 Å². The van der Waals surface area contributed by atoms with E-state index in [1.165, 1.54) is 22.7 Å². The van der Waals surface area contributed by atoms with Gasteiger partial charge in [-0.05, 0) is 31.7 Å². The number of aryl methyl sites for hydroxylation is 1. The normalized spacial score (nSPS) is 11.0. The van der Waals surface area contributed by atoms with Crippen LogP contribution in [0.4, 0.5) is 0 Å². The first-order valence-corrected chi connectivity index (χ1v) is 9.21. The summed E-state index contributed by atoms with van der Waals surface area (Å²) in [5.74, 6) is 1.60. The predicted molar refractivity (Wildman–Crippen MR) is 101 cm³/mol. The molecule has 0 N–H and O–H groups in total. The van der Waals surface area contributed by atoms with Gasteiger partial charge in [0.2, 0.25) is 10.9 Å². The van der Waals surface area contributed by atoms with E-state index in [-0.39, 0.29) is 11.3 Å². The van der Waals surface area contributed by atoms with Crippen molar-refractivity contribution in [2.24, 2.45) is 5.10 Å². The Morgan fingerprint density at radius 1 is 1.23 bits per heavy atom. The van der Waals surface area contributed by atoms with Crippen LogP contribution in [0.25, 0.3) is 0 Å². The van der Waals surface area contributed by atoms with Crippen molar-refractivity contribution in [1.82, 2.24) is 14.9 Å². The molecule has 0 aliphatic heterocycles. The number of ether oxygens (including phenoxy) is 3. The van der Waals surface area contributed by atoms with E-state index in [9.17, 15) is 4.79 Å². The Morgan fingerprint density at radius 2 is 1.88 bits per heavy atom. The van der Waals surface area contributed by atoms with Crippen LogP contribution in [0.15, 0.2) is 27.2 Å². The molecule has 0 aliphatic carbocycles. The highest BCUT2D eigenvalue weighted by Crippen LogP contribution is 2.38. The molecule has 1 aromatic heterocycles. The van der Waals surface area contributed by atoms with E-state index in [0.717, 1.165) is 6.42 Å². The molecule has 26 heavy (non-hydrogen) atoms. The minimum absolute atomic E-state index is 0.276. The number of methoxy groups -OCH3 is 2. The van der Waals surface area contributed by atoms with Crippen molar-refractivity contribution >= 4 is 18.0 Å². The molecule has 2 aromatic rings. The first-order chi connectivity index (χ1) is 12.5. The summed E-state index contributed by atoms with van der Waals surface area (Å²) in [7, 11) is 3.11. The van der Waals surface area contributed by atoms with Gasteiger partial charge in [0.25, 0.3) is 5.56 Å². The first kappa shape index (κ1) is 19.8. The van der Waals surface area contributed by atoms with E-state index in [0.29, 0.717) is 34.6 Å². The molecular weight excluding hydrogens is 356 g/mol. The van der Waals surface area contributed by atoms with Crippen LogP contribution in [0.5, 0.6) is 17.2 Å². The van der Waals surface area contributed by atoms with Gasteiger partial charge in [-0.2, -0.15) is 9.78 Å². The predicted octanol–water partition coefficient (Wildman–Crippen LogP) is 2.36. The molecule has 1 aromatic carbocycles. The molecule has 2 rings (SSSR count). The standard InChI is InChI=1S/C17H22N4O4S/c1-6-7-25-15-13(23-3)8-12(9-14(15)24-4)10-18-21-16(22)11(2)19-20-17(21)26-5/h8-10H,6-7H2,1-5H3/b18-10-. The van der Waals surface area contributed by atoms with Crippen LogP contribution in [0.1, 0.15) is 24.6 Å². The molecule has 0 aliphatic rings. The second-order valence-corrected chi connectivity index (χ2v) is 6.01. The molecule has 0 unspecified atom stereocenters. The lowest BCUT2D eigenvalue weighted by molar-refractivity contribution is 0.275. The maximum atomic E-state index is 12.3. The fourth-order valence-corrected chi connectivity index (χ4v) is 2.54. The van der Waals surface area contributed by atoms with E-state index in [4.69, 9.17) is 14.2 Å². The average Bonchev–Trinajstić information content (AvgIpc) is 2.67. The lowest BCUT2D eigenvalue weighted by Gasteiger charge is -2.14. The Bertz CT molecular complexity index is 826. The fourth-order valence-electron chi connectivity index (χ4n) is 2.12. The summed E-state index contributed by atoms with van der Waals surface area (Å²) >= 11 is 1.29. The van der Waals surface area contributed by atoms with E-state index >= 15 is 0 Å². The molecule has 1 heterocycles. The molecule has 0 bridgehead atoms. The van der Waals surface area contributed by atoms with Crippen LogP contribution in [0.3, 0.4) is 0 Å². The molecule has 9 heteroatoms. The van der Waals surface area contributed by atoms with Gasteiger partial charge in [0, 0.05) is 5.56 Å². The third-order valence-electron chi connectivity index (χ3n) is 3.41. The Hall–Kier alpha value is -2.55. The second-order valence-electron chi connectivity index (χ2n) is 5.24. The topological polar surface area (TPSA) is 87.8 Å².